The number of nitrogens with zero attached hydrogens (tertiary/aromatic N) is 1. The zero-order valence-corrected chi connectivity index (χ0v) is 20.4. The number of rotatable bonds is 7. The molecule has 7 nitrogen and oxygen atoms in total. The third kappa shape index (κ3) is 5.17. The van der Waals surface area contributed by atoms with Gasteiger partial charge in [-0.25, -0.2) is 17.9 Å². The molecule has 3 aromatic carbocycles. The minimum atomic E-state index is -3.89. The van der Waals surface area contributed by atoms with Gasteiger partial charge in [-0.2, -0.15) is 0 Å². The third-order valence-corrected chi connectivity index (χ3v) is 7.25. The number of fused-ring (bicyclic) bond motifs is 1. The summed E-state index contributed by atoms with van der Waals surface area (Å²) in [4.78, 5) is 14.5. The number of amides is 2. The van der Waals surface area contributed by atoms with Crippen molar-refractivity contribution in [1.82, 2.24) is 10.0 Å². The van der Waals surface area contributed by atoms with Gasteiger partial charge < -0.3 is 15.5 Å². The molecule has 0 radical (unpaired) electrons. The van der Waals surface area contributed by atoms with Crippen LogP contribution < -0.4 is 20.3 Å². The van der Waals surface area contributed by atoms with E-state index in [1.54, 1.807) is 12.1 Å². The molecule has 2 amide bonds. The summed E-state index contributed by atoms with van der Waals surface area (Å²) in [7, 11) is -3.89. The summed E-state index contributed by atoms with van der Waals surface area (Å²) in [6, 6.07) is 20.3. The molecule has 1 aliphatic heterocycles. The van der Waals surface area contributed by atoms with Crippen LogP contribution in [0.15, 0.2) is 71.6 Å². The van der Waals surface area contributed by atoms with Crippen molar-refractivity contribution >= 4 is 33.1 Å². The van der Waals surface area contributed by atoms with Crippen LogP contribution in [0.1, 0.15) is 30.0 Å². The number of sulfonamides is 1. The fourth-order valence-electron chi connectivity index (χ4n) is 4.07. The lowest BCUT2D eigenvalue weighted by molar-refractivity contribution is 0.246. The van der Waals surface area contributed by atoms with Gasteiger partial charge in [-0.15, -0.1) is 0 Å². The fourth-order valence-corrected chi connectivity index (χ4v) is 5.00. The highest BCUT2D eigenvalue weighted by molar-refractivity contribution is 7.90. The lowest BCUT2D eigenvalue weighted by Gasteiger charge is -2.26. The van der Waals surface area contributed by atoms with Gasteiger partial charge in [0.15, 0.2) is 0 Å². The van der Waals surface area contributed by atoms with E-state index >= 15 is 0 Å². The van der Waals surface area contributed by atoms with Crippen molar-refractivity contribution in [1.29, 1.82) is 0 Å². The standard InChI is InChI=1S/C26H30N4O3S/c1-4-25-28-23-17-19(3)7-14-24(23)30(25)21-10-8-20(9-11-21)15-16-27-26(31)29-34(32,33)22-12-5-18(2)6-13-22/h5-14,17,25,28H,4,15-16H2,1-3H3,(H2,27,29,31). The van der Waals surface area contributed by atoms with Gasteiger partial charge in [-0.1, -0.05) is 42.8 Å². The van der Waals surface area contributed by atoms with Crippen LogP contribution in [0.25, 0.3) is 0 Å². The highest BCUT2D eigenvalue weighted by atomic mass is 32.2. The van der Waals surface area contributed by atoms with Crippen LogP contribution in [0.3, 0.4) is 0 Å². The Morgan fingerprint density at radius 3 is 2.32 bits per heavy atom. The Labute approximate surface area is 201 Å². The van der Waals surface area contributed by atoms with Crippen LogP contribution >= 0.6 is 0 Å². The maximum atomic E-state index is 12.3. The maximum absolute atomic E-state index is 12.3. The highest BCUT2D eigenvalue weighted by Gasteiger charge is 2.28. The summed E-state index contributed by atoms with van der Waals surface area (Å²) in [6.45, 7) is 6.44. The van der Waals surface area contributed by atoms with Crippen LogP contribution in [0.5, 0.6) is 0 Å². The average molecular weight is 479 g/mol. The summed E-state index contributed by atoms with van der Waals surface area (Å²) < 4.78 is 26.7. The number of nitrogens with one attached hydrogen (secondary N) is 3. The fraction of sp³-hybridized carbons (Fsp3) is 0.269. The van der Waals surface area contributed by atoms with Gasteiger partial charge in [0, 0.05) is 12.2 Å². The Bertz CT molecular complexity index is 1270. The molecule has 178 valence electrons. The van der Waals surface area contributed by atoms with E-state index < -0.39 is 16.1 Å². The molecular formula is C26H30N4O3S. The number of anilines is 3. The molecular weight excluding hydrogens is 448 g/mol. The molecule has 1 atom stereocenters. The van der Waals surface area contributed by atoms with E-state index in [0.29, 0.717) is 13.0 Å². The summed E-state index contributed by atoms with van der Waals surface area (Å²) in [5, 5.41) is 6.21. The van der Waals surface area contributed by atoms with Crippen molar-refractivity contribution in [3.05, 3.63) is 83.4 Å². The van der Waals surface area contributed by atoms with Crippen LogP contribution in [0.2, 0.25) is 0 Å². The number of urea groups is 1. The van der Waals surface area contributed by atoms with E-state index in [1.165, 1.54) is 23.4 Å². The number of carbonyl (C=O) groups excluding carboxylic acids is 1. The van der Waals surface area contributed by atoms with Crippen molar-refractivity contribution in [2.24, 2.45) is 0 Å². The van der Waals surface area contributed by atoms with E-state index in [1.807, 2.05) is 19.1 Å². The Morgan fingerprint density at radius 2 is 1.65 bits per heavy atom. The Morgan fingerprint density at radius 1 is 0.971 bits per heavy atom. The molecule has 8 heteroatoms. The Balaban J connectivity index is 1.34. The van der Waals surface area contributed by atoms with Crippen LogP contribution in [0, 0.1) is 13.8 Å². The molecule has 1 unspecified atom stereocenters. The Hall–Kier alpha value is -3.52. The summed E-state index contributed by atoms with van der Waals surface area (Å²) in [6.07, 6.45) is 1.74. The van der Waals surface area contributed by atoms with Crippen molar-refractivity contribution in [2.45, 2.75) is 44.7 Å². The molecule has 0 fully saturated rings. The minimum Gasteiger partial charge on any atom is -0.363 e. The molecule has 0 bridgehead atoms. The second-order valence-corrected chi connectivity index (χ2v) is 10.2. The predicted octanol–water partition coefficient (Wildman–Crippen LogP) is 4.83. The van der Waals surface area contributed by atoms with E-state index in [-0.39, 0.29) is 11.1 Å². The monoisotopic (exact) mass is 478 g/mol. The van der Waals surface area contributed by atoms with Gasteiger partial charge in [0.25, 0.3) is 10.0 Å². The van der Waals surface area contributed by atoms with E-state index in [4.69, 9.17) is 0 Å². The number of aryl methyl sites for hydroxylation is 2. The number of carbonyl (C=O) groups is 1. The van der Waals surface area contributed by atoms with E-state index in [9.17, 15) is 13.2 Å². The second kappa shape index (κ2) is 9.77. The Kier molecular flexibility index (Phi) is 6.79. The molecule has 3 N–H and O–H groups in total. The number of hydrogen-bond acceptors (Lipinski definition) is 5. The van der Waals surface area contributed by atoms with Gasteiger partial charge in [0.05, 0.1) is 16.3 Å². The molecule has 0 aliphatic carbocycles. The predicted molar refractivity (Wildman–Crippen MR) is 136 cm³/mol. The lowest BCUT2D eigenvalue weighted by Crippen LogP contribution is -2.40. The highest BCUT2D eigenvalue weighted by Crippen LogP contribution is 2.41. The number of hydrogen-bond donors (Lipinski definition) is 3. The zero-order chi connectivity index (χ0) is 24.3. The van der Waals surface area contributed by atoms with Crippen molar-refractivity contribution in [2.75, 3.05) is 16.8 Å². The first-order valence-electron chi connectivity index (χ1n) is 11.4. The molecule has 0 saturated carbocycles. The van der Waals surface area contributed by atoms with Gasteiger partial charge >= 0.3 is 6.03 Å². The average Bonchev–Trinajstić information content (AvgIpc) is 3.17. The van der Waals surface area contributed by atoms with E-state index in [0.717, 1.165) is 28.9 Å². The molecule has 0 saturated heterocycles. The van der Waals surface area contributed by atoms with Gasteiger partial charge in [0.1, 0.15) is 6.17 Å². The van der Waals surface area contributed by atoms with E-state index in [2.05, 4.69) is 64.4 Å². The molecule has 4 rings (SSSR count). The smallest absolute Gasteiger partial charge is 0.328 e. The molecule has 1 heterocycles. The van der Waals surface area contributed by atoms with Crippen LogP contribution in [-0.2, 0) is 16.4 Å². The van der Waals surface area contributed by atoms with Crippen LogP contribution in [-0.4, -0.2) is 27.2 Å². The summed E-state index contributed by atoms with van der Waals surface area (Å²) in [5.74, 6) is 0. The van der Waals surface area contributed by atoms with Crippen molar-refractivity contribution in [3.63, 3.8) is 0 Å². The minimum absolute atomic E-state index is 0.0577. The SMILES string of the molecule is CCC1Nc2cc(C)ccc2N1c1ccc(CCNC(=O)NS(=O)(=O)c2ccc(C)cc2)cc1. The van der Waals surface area contributed by atoms with Crippen LogP contribution in [0.4, 0.5) is 21.9 Å². The lowest BCUT2D eigenvalue weighted by atomic mass is 10.1. The van der Waals surface area contributed by atoms with Gasteiger partial charge in [0.2, 0.25) is 0 Å². The number of benzene rings is 3. The van der Waals surface area contributed by atoms with Gasteiger partial charge in [-0.05, 0) is 74.2 Å². The first-order chi connectivity index (χ1) is 16.3. The normalized spacial score (nSPS) is 14.9. The van der Waals surface area contributed by atoms with Gasteiger partial charge in [-0.3, -0.25) is 0 Å². The molecule has 1 aliphatic rings. The molecule has 34 heavy (non-hydrogen) atoms. The zero-order valence-electron chi connectivity index (χ0n) is 19.6. The first-order valence-corrected chi connectivity index (χ1v) is 12.9. The first kappa shape index (κ1) is 23.6. The molecule has 3 aromatic rings. The summed E-state index contributed by atoms with van der Waals surface area (Å²) in [5.41, 5.74) is 6.63. The molecule has 0 aromatic heterocycles. The van der Waals surface area contributed by atoms with Crippen molar-refractivity contribution < 1.29 is 13.2 Å². The topological polar surface area (TPSA) is 90.5 Å². The third-order valence-electron chi connectivity index (χ3n) is 5.90. The second-order valence-electron chi connectivity index (χ2n) is 8.55. The van der Waals surface area contributed by atoms with Crippen molar-refractivity contribution in [3.8, 4) is 0 Å². The summed E-state index contributed by atoms with van der Waals surface area (Å²) >= 11 is 0. The largest absolute Gasteiger partial charge is 0.363 e. The quantitative estimate of drug-likeness (QED) is 0.452. The maximum Gasteiger partial charge on any atom is 0.328 e. The molecule has 0 spiro atoms.